The molecule has 0 atom stereocenters. The van der Waals surface area contributed by atoms with Crippen LogP contribution in [0.5, 0.6) is 0 Å². The second-order valence-electron chi connectivity index (χ2n) is 7.49. The van der Waals surface area contributed by atoms with Crippen LogP contribution < -0.4 is 0 Å². The topological polar surface area (TPSA) is 149 Å². The van der Waals surface area contributed by atoms with Crippen LogP contribution in [-0.2, 0) is 51.9 Å². The Hall–Kier alpha value is -1.02. The standard InChI is InChI=1S/C8H16O2.2C6H12O2.C4H8O2.Y/c1-4-8(5-2,6-3)7(9)10;2*1-3-5(4-2)6(7)8;1-2-3-4(5)6;/h4-6H2,1-3H3,(H,9,10);2*5H,3-4H2,1-2H3,(H,7,8);2-3H2,1H3,(H,5,6);. The van der Waals surface area contributed by atoms with Crippen molar-refractivity contribution in [1.29, 1.82) is 0 Å². The fraction of sp³-hybridized carbons (Fsp3) is 0.833. The average Bonchev–Trinajstić information content (AvgIpc) is 2.72. The molecule has 0 aliphatic carbocycles. The van der Waals surface area contributed by atoms with Crippen molar-refractivity contribution in [1.82, 2.24) is 0 Å². The van der Waals surface area contributed by atoms with Crippen LogP contribution in [0, 0.1) is 17.3 Å². The predicted octanol–water partition coefficient (Wildman–Crippen LogP) is 6.17. The summed E-state index contributed by atoms with van der Waals surface area (Å²) in [4.78, 5) is 40.6. The van der Waals surface area contributed by atoms with E-state index in [9.17, 15) is 19.2 Å². The van der Waals surface area contributed by atoms with Crippen molar-refractivity contribution < 1.29 is 72.3 Å². The Labute approximate surface area is 225 Å². The van der Waals surface area contributed by atoms with Crippen LogP contribution in [-0.4, -0.2) is 44.3 Å². The largest absolute Gasteiger partial charge is 0.481 e. The SMILES string of the molecule is CCC(CC)(CC)C(=O)O.CCC(CC)C(=O)O.CCC(CC)C(=O)O.CCCC(=O)O.[Y]. The third kappa shape index (κ3) is 23.9. The van der Waals surface area contributed by atoms with Gasteiger partial charge in [-0.25, -0.2) is 0 Å². The molecule has 0 aliphatic rings. The normalized spacial score (nSPS) is 9.76. The van der Waals surface area contributed by atoms with Crippen molar-refractivity contribution >= 4 is 23.9 Å². The quantitative estimate of drug-likeness (QED) is 0.224. The smallest absolute Gasteiger partial charge is 0.309 e. The maximum atomic E-state index is 10.7. The summed E-state index contributed by atoms with van der Waals surface area (Å²) >= 11 is 0. The number of carboxylic acids is 4. The van der Waals surface area contributed by atoms with E-state index >= 15 is 0 Å². The summed E-state index contributed by atoms with van der Waals surface area (Å²) in [7, 11) is 0. The molecule has 9 heteroatoms. The van der Waals surface area contributed by atoms with Gasteiger partial charge in [-0.3, -0.25) is 19.2 Å². The number of rotatable bonds is 12. The molecular formula is C24H48O8Y. The molecule has 0 aromatic carbocycles. The van der Waals surface area contributed by atoms with Crippen LogP contribution in [0.2, 0.25) is 0 Å². The summed E-state index contributed by atoms with van der Waals surface area (Å²) in [5.74, 6) is -2.97. The Balaban J connectivity index is -0.000000106. The Kier molecular flexibility index (Phi) is 34.8. The number of carboxylic acid groups (broad SMARTS) is 4. The van der Waals surface area contributed by atoms with E-state index in [0.717, 1.165) is 51.4 Å². The zero-order valence-corrected chi connectivity index (χ0v) is 24.9. The molecule has 0 aromatic heterocycles. The fourth-order valence-electron chi connectivity index (χ4n) is 2.69. The maximum Gasteiger partial charge on any atom is 0.309 e. The minimum absolute atomic E-state index is 0. The molecule has 0 saturated heterocycles. The van der Waals surface area contributed by atoms with E-state index in [4.69, 9.17) is 20.4 Å². The molecule has 33 heavy (non-hydrogen) atoms. The van der Waals surface area contributed by atoms with E-state index in [1.165, 1.54) is 0 Å². The number of carbonyl (C=O) groups is 4. The Morgan fingerprint density at radius 2 is 0.879 bits per heavy atom. The van der Waals surface area contributed by atoms with E-state index in [1.54, 1.807) is 0 Å². The molecule has 1 radical (unpaired) electrons. The van der Waals surface area contributed by atoms with Crippen molar-refractivity contribution in [3.8, 4) is 0 Å². The molecule has 0 amide bonds. The summed E-state index contributed by atoms with van der Waals surface area (Å²) in [6.07, 6.45) is 6.19. The van der Waals surface area contributed by atoms with E-state index in [2.05, 4.69) is 0 Å². The second kappa shape index (κ2) is 27.2. The van der Waals surface area contributed by atoms with Crippen LogP contribution in [0.3, 0.4) is 0 Å². The van der Waals surface area contributed by atoms with Crippen molar-refractivity contribution in [3.05, 3.63) is 0 Å². The molecule has 4 N–H and O–H groups in total. The summed E-state index contributed by atoms with van der Waals surface area (Å²) in [6, 6.07) is 0. The van der Waals surface area contributed by atoms with Gasteiger partial charge < -0.3 is 20.4 Å². The Morgan fingerprint density at radius 3 is 0.879 bits per heavy atom. The zero-order chi connectivity index (χ0) is 26.3. The van der Waals surface area contributed by atoms with Gasteiger partial charge >= 0.3 is 23.9 Å². The molecule has 0 rings (SSSR count). The molecule has 195 valence electrons. The van der Waals surface area contributed by atoms with Gasteiger partial charge in [0, 0.05) is 39.1 Å². The first-order chi connectivity index (χ1) is 14.8. The Morgan fingerprint density at radius 1 is 0.606 bits per heavy atom. The Bertz CT molecular complexity index is 466. The van der Waals surface area contributed by atoms with Crippen LogP contribution in [0.25, 0.3) is 0 Å². The summed E-state index contributed by atoms with van der Waals surface area (Å²) in [6.45, 7) is 15.2. The van der Waals surface area contributed by atoms with Crippen molar-refractivity contribution in [2.75, 3.05) is 0 Å². The van der Waals surface area contributed by atoms with Crippen LogP contribution in [0.15, 0.2) is 0 Å². The first-order valence-electron chi connectivity index (χ1n) is 11.7. The van der Waals surface area contributed by atoms with Gasteiger partial charge in [0.25, 0.3) is 0 Å². The molecular weight excluding hydrogens is 505 g/mol. The van der Waals surface area contributed by atoms with Crippen molar-refractivity contribution in [3.63, 3.8) is 0 Å². The van der Waals surface area contributed by atoms with Crippen molar-refractivity contribution in [2.45, 2.75) is 113 Å². The molecule has 0 bridgehead atoms. The van der Waals surface area contributed by atoms with Gasteiger partial charge in [-0.1, -0.05) is 55.4 Å². The monoisotopic (exact) mass is 553 g/mol. The molecule has 0 saturated carbocycles. The minimum Gasteiger partial charge on any atom is -0.481 e. The van der Waals surface area contributed by atoms with Gasteiger partial charge in [0.05, 0.1) is 17.3 Å². The predicted molar refractivity (Wildman–Crippen MR) is 127 cm³/mol. The zero-order valence-electron chi connectivity index (χ0n) is 22.0. The van der Waals surface area contributed by atoms with E-state index in [0.29, 0.717) is 6.42 Å². The third-order valence-electron chi connectivity index (χ3n) is 5.62. The van der Waals surface area contributed by atoms with Gasteiger partial charge in [0.2, 0.25) is 0 Å². The van der Waals surface area contributed by atoms with E-state index in [-0.39, 0.29) is 44.5 Å². The van der Waals surface area contributed by atoms with Gasteiger partial charge in [0.1, 0.15) is 0 Å². The molecule has 0 aromatic rings. The number of aliphatic carboxylic acids is 4. The maximum absolute atomic E-state index is 10.7. The molecule has 0 spiro atoms. The van der Waals surface area contributed by atoms with Gasteiger partial charge in [-0.05, 0) is 51.4 Å². The molecule has 0 fully saturated rings. The van der Waals surface area contributed by atoms with Crippen LogP contribution in [0.1, 0.15) is 113 Å². The van der Waals surface area contributed by atoms with Gasteiger partial charge in [-0.2, -0.15) is 0 Å². The summed E-state index contributed by atoms with van der Waals surface area (Å²) in [5, 5.41) is 33.5. The van der Waals surface area contributed by atoms with Crippen LogP contribution >= 0.6 is 0 Å². The summed E-state index contributed by atoms with van der Waals surface area (Å²) in [5.41, 5.74) is -0.458. The number of hydrogen-bond donors (Lipinski definition) is 4. The number of hydrogen-bond acceptors (Lipinski definition) is 4. The molecule has 0 aliphatic heterocycles. The first kappa shape index (κ1) is 42.2. The molecule has 0 heterocycles. The fourth-order valence-corrected chi connectivity index (χ4v) is 2.69. The van der Waals surface area contributed by atoms with Crippen molar-refractivity contribution in [2.24, 2.45) is 17.3 Å². The second-order valence-corrected chi connectivity index (χ2v) is 7.49. The molecule has 8 nitrogen and oxygen atoms in total. The summed E-state index contributed by atoms with van der Waals surface area (Å²) < 4.78 is 0. The van der Waals surface area contributed by atoms with Gasteiger partial charge in [-0.15, -0.1) is 0 Å². The average molecular weight is 554 g/mol. The van der Waals surface area contributed by atoms with Crippen LogP contribution in [0.4, 0.5) is 0 Å². The van der Waals surface area contributed by atoms with E-state index in [1.807, 2.05) is 55.4 Å². The minimum atomic E-state index is -0.711. The molecule has 0 unspecified atom stereocenters. The third-order valence-corrected chi connectivity index (χ3v) is 5.62. The van der Waals surface area contributed by atoms with Gasteiger partial charge in [0.15, 0.2) is 0 Å². The first-order valence-corrected chi connectivity index (χ1v) is 11.7. The van der Waals surface area contributed by atoms with E-state index < -0.39 is 29.3 Å².